The van der Waals surface area contributed by atoms with Gasteiger partial charge in [0.25, 0.3) is 0 Å². The predicted molar refractivity (Wildman–Crippen MR) is 81.7 cm³/mol. The number of benzene rings is 1. The van der Waals surface area contributed by atoms with Crippen molar-refractivity contribution in [2.45, 2.75) is 52.6 Å². The fourth-order valence-corrected chi connectivity index (χ4v) is 3.19. The lowest BCUT2D eigenvalue weighted by molar-refractivity contribution is 0.000561. The van der Waals surface area contributed by atoms with Crippen molar-refractivity contribution in [2.24, 2.45) is 11.8 Å². The summed E-state index contributed by atoms with van der Waals surface area (Å²) in [4.78, 5) is 0. The number of halogens is 2. The Kier molecular flexibility index (Phi) is 6.00. The second kappa shape index (κ2) is 6.85. The molecule has 1 rings (SSSR count). The third kappa shape index (κ3) is 5.23. The Morgan fingerprint density at radius 2 is 1.68 bits per heavy atom. The Hall–Kier alpha value is -0.410. The Morgan fingerprint density at radius 3 is 2.16 bits per heavy atom. The lowest BCUT2D eigenvalue weighted by atomic mass is 9.80. The summed E-state index contributed by atoms with van der Waals surface area (Å²) < 4.78 is 14.0. The molecule has 0 bridgehead atoms. The zero-order valence-electron chi connectivity index (χ0n) is 12.2. The average molecular weight is 331 g/mol. The average Bonchev–Trinajstić information content (AvgIpc) is 2.22. The third-order valence-corrected chi connectivity index (χ3v) is 4.02. The molecule has 0 aliphatic carbocycles. The van der Waals surface area contributed by atoms with Crippen LogP contribution in [0.1, 0.15) is 46.1 Å². The van der Waals surface area contributed by atoms with Gasteiger partial charge >= 0.3 is 0 Å². The van der Waals surface area contributed by atoms with Crippen molar-refractivity contribution in [1.82, 2.24) is 0 Å². The largest absolute Gasteiger partial charge is 0.390 e. The van der Waals surface area contributed by atoms with E-state index in [1.54, 1.807) is 6.07 Å². The summed E-state index contributed by atoms with van der Waals surface area (Å²) >= 11 is 3.28. The van der Waals surface area contributed by atoms with Crippen LogP contribution in [0.3, 0.4) is 0 Å². The van der Waals surface area contributed by atoms with Crippen LogP contribution in [-0.4, -0.2) is 10.7 Å². The van der Waals surface area contributed by atoms with E-state index in [4.69, 9.17) is 0 Å². The molecule has 0 saturated carbocycles. The minimum atomic E-state index is -0.765. The molecule has 19 heavy (non-hydrogen) atoms. The van der Waals surface area contributed by atoms with Crippen LogP contribution in [0.5, 0.6) is 0 Å². The smallest absolute Gasteiger partial charge is 0.137 e. The molecule has 0 unspecified atom stereocenters. The Labute approximate surface area is 124 Å². The molecule has 0 aliphatic heterocycles. The molecule has 0 heterocycles. The minimum Gasteiger partial charge on any atom is -0.390 e. The van der Waals surface area contributed by atoms with Gasteiger partial charge in [-0.25, -0.2) is 4.39 Å². The van der Waals surface area contributed by atoms with E-state index in [0.717, 1.165) is 18.4 Å². The van der Waals surface area contributed by atoms with Crippen LogP contribution >= 0.6 is 15.9 Å². The maximum atomic E-state index is 13.6. The lowest BCUT2D eigenvalue weighted by Gasteiger charge is -2.32. The van der Waals surface area contributed by atoms with E-state index < -0.39 is 5.60 Å². The Bertz CT molecular complexity index is 405. The van der Waals surface area contributed by atoms with Gasteiger partial charge in [-0.15, -0.1) is 0 Å². The zero-order chi connectivity index (χ0) is 14.6. The number of hydrogen-bond donors (Lipinski definition) is 1. The van der Waals surface area contributed by atoms with Gasteiger partial charge in [0.1, 0.15) is 5.82 Å². The minimum absolute atomic E-state index is 0.269. The molecule has 108 valence electrons. The summed E-state index contributed by atoms with van der Waals surface area (Å²) in [6, 6.07) is 5.00. The highest BCUT2D eigenvalue weighted by Gasteiger charge is 2.30. The Morgan fingerprint density at radius 1 is 1.16 bits per heavy atom. The van der Waals surface area contributed by atoms with Crippen molar-refractivity contribution >= 4 is 15.9 Å². The van der Waals surface area contributed by atoms with Gasteiger partial charge in [-0.3, -0.25) is 0 Å². The van der Waals surface area contributed by atoms with E-state index in [-0.39, 0.29) is 5.82 Å². The van der Waals surface area contributed by atoms with Crippen molar-refractivity contribution in [3.63, 3.8) is 0 Å². The first kappa shape index (κ1) is 16.6. The van der Waals surface area contributed by atoms with E-state index in [2.05, 4.69) is 43.6 Å². The standard InChI is InChI=1S/C16H24BrFO/c1-11(2)8-16(19,9-12(3)4)10-13-6-5-7-14(18)15(13)17/h5-7,11-12,19H,8-10H2,1-4H3. The first-order valence-corrected chi connectivity index (χ1v) is 7.68. The molecule has 0 spiro atoms. The van der Waals surface area contributed by atoms with E-state index in [1.807, 2.05) is 6.07 Å². The first-order valence-electron chi connectivity index (χ1n) is 6.89. The summed E-state index contributed by atoms with van der Waals surface area (Å²) in [5, 5.41) is 10.9. The van der Waals surface area contributed by atoms with Gasteiger partial charge in [-0.05, 0) is 52.2 Å². The second-order valence-electron chi connectivity index (χ2n) is 6.31. The molecule has 0 atom stereocenters. The maximum Gasteiger partial charge on any atom is 0.137 e. The van der Waals surface area contributed by atoms with E-state index >= 15 is 0 Å². The van der Waals surface area contributed by atoms with Crippen LogP contribution in [0.15, 0.2) is 22.7 Å². The monoisotopic (exact) mass is 330 g/mol. The highest BCUT2D eigenvalue weighted by Crippen LogP contribution is 2.32. The normalized spacial score (nSPS) is 12.5. The number of rotatable bonds is 6. The van der Waals surface area contributed by atoms with Crippen molar-refractivity contribution in [2.75, 3.05) is 0 Å². The van der Waals surface area contributed by atoms with Crippen LogP contribution in [0, 0.1) is 17.7 Å². The summed E-state index contributed by atoms with van der Waals surface area (Å²) in [5.41, 5.74) is 0.0716. The third-order valence-electron chi connectivity index (χ3n) is 3.13. The van der Waals surface area contributed by atoms with Gasteiger partial charge < -0.3 is 5.11 Å². The first-order chi connectivity index (χ1) is 8.73. The topological polar surface area (TPSA) is 20.2 Å². The van der Waals surface area contributed by atoms with Gasteiger partial charge in [0, 0.05) is 6.42 Å². The van der Waals surface area contributed by atoms with Crippen LogP contribution in [0.4, 0.5) is 4.39 Å². The zero-order valence-corrected chi connectivity index (χ0v) is 13.8. The van der Waals surface area contributed by atoms with Gasteiger partial charge in [0.15, 0.2) is 0 Å². The lowest BCUT2D eigenvalue weighted by Crippen LogP contribution is -2.35. The fraction of sp³-hybridized carbons (Fsp3) is 0.625. The summed E-state index contributed by atoms with van der Waals surface area (Å²) in [5.74, 6) is 0.557. The van der Waals surface area contributed by atoms with E-state index in [0.29, 0.717) is 22.7 Å². The predicted octanol–water partition coefficient (Wildman–Crippen LogP) is 4.95. The Balaban J connectivity index is 2.96. The molecule has 0 radical (unpaired) electrons. The number of aliphatic hydroxyl groups is 1. The summed E-state index contributed by atoms with van der Waals surface area (Å²) in [6.07, 6.45) is 1.95. The highest BCUT2D eigenvalue weighted by atomic mass is 79.9. The SMILES string of the molecule is CC(C)CC(O)(Cc1cccc(F)c1Br)CC(C)C. The summed E-state index contributed by atoms with van der Waals surface area (Å²) in [7, 11) is 0. The van der Waals surface area contributed by atoms with E-state index in [1.165, 1.54) is 6.07 Å². The van der Waals surface area contributed by atoms with Gasteiger partial charge in [0.2, 0.25) is 0 Å². The molecule has 3 heteroatoms. The number of hydrogen-bond acceptors (Lipinski definition) is 1. The molecule has 1 aromatic carbocycles. The summed E-state index contributed by atoms with van der Waals surface area (Å²) in [6.45, 7) is 8.41. The molecule has 0 amide bonds. The van der Waals surface area contributed by atoms with Crippen LogP contribution in [0.2, 0.25) is 0 Å². The van der Waals surface area contributed by atoms with Crippen LogP contribution in [-0.2, 0) is 6.42 Å². The molecular weight excluding hydrogens is 307 g/mol. The molecule has 0 aromatic heterocycles. The van der Waals surface area contributed by atoms with Crippen molar-refractivity contribution in [3.8, 4) is 0 Å². The molecule has 0 aliphatic rings. The second-order valence-corrected chi connectivity index (χ2v) is 7.10. The molecule has 1 aromatic rings. The van der Waals surface area contributed by atoms with Gasteiger partial charge in [-0.1, -0.05) is 39.8 Å². The van der Waals surface area contributed by atoms with Gasteiger partial charge in [-0.2, -0.15) is 0 Å². The molecular formula is C16H24BrFO. The highest BCUT2D eigenvalue weighted by molar-refractivity contribution is 9.10. The van der Waals surface area contributed by atoms with Gasteiger partial charge in [0.05, 0.1) is 10.1 Å². The fourth-order valence-electron chi connectivity index (χ4n) is 2.79. The molecule has 1 nitrogen and oxygen atoms in total. The molecule has 0 saturated heterocycles. The van der Waals surface area contributed by atoms with Crippen LogP contribution < -0.4 is 0 Å². The molecule has 0 fully saturated rings. The van der Waals surface area contributed by atoms with Crippen LogP contribution in [0.25, 0.3) is 0 Å². The maximum absolute atomic E-state index is 13.6. The van der Waals surface area contributed by atoms with E-state index in [9.17, 15) is 9.50 Å². The quantitative estimate of drug-likeness (QED) is 0.782. The van der Waals surface area contributed by atoms with Crippen molar-refractivity contribution in [3.05, 3.63) is 34.1 Å². The molecule has 1 N–H and O–H groups in total. The van der Waals surface area contributed by atoms with Crippen molar-refractivity contribution in [1.29, 1.82) is 0 Å². The van der Waals surface area contributed by atoms with Crippen molar-refractivity contribution < 1.29 is 9.50 Å².